The number of carbonyl (C=O) groups excluding carboxylic acids is 1. The normalized spacial score (nSPS) is 16.7. The first-order valence-corrected chi connectivity index (χ1v) is 11.6. The molecule has 6 nitrogen and oxygen atoms in total. The van der Waals surface area contributed by atoms with Crippen LogP contribution in [0.4, 0.5) is 4.39 Å². The summed E-state index contributed by atoms with van der Waals surface area (Å²) in [6.07, 6.45) is 4.09. The van der Waals surface area contributed by atoms with Crippen molar-refractivity contribution in [3.05, 3.63) is 64.4 Å². The molecule has 3 aromatic rings. The van der Waals surface area contributed by atoms with Gasteiger partial charge >= 0.3 is 0 Å². The van der Waals surface area contributed by atoms with Crippen LogP contribution in [0.15, 0.2) is 30.3 Å². The number of carbonyl (C=O) groups is 1. The third kappa shape index (κ3) is 4.67. The summed E-state index contributed by atoms with van der Waals surface area (Å²) >= 11 is 0. The molecule has 0 bridgehead atoms. The molecule has 1 unspecified atom stereocenters. The highest BCUT2D eigenvalue weighted by atomic mass is 19.1. The minimum Gasteiger partial charge on any atom is -0.356 e. The number of benzene rings is 1. The van der Waals surface area contributed by atoms with Gasteiger partial charge in [-0.05, 0) is 57.7 Å². The molecule has 7 heteroatoms. The molecular formula is C25H32FN5O. The van der Waals surface area contributed by atoms with E-state index in [-0.39, 0.29) is 17.8 Å². The van der Waals surface area contributed by atoms with Gasteiger partial charge in [-0.3, -0.25) is 9.69 Å². The lowest BCUT2D eigenvalue weighted by Crippen LogP contribution is -2.24. The van der Waals surface area contributed by atoms with E-state index in [4.69, 9.17) is 10.1 Å². The molecule has 1 N–H and O–H groups in total. The molecule has 1 aliphatic heterocycles. The highest BCUT2D eigenvalue weighted by Crippen LogP contribution is 2.33. The van der Waals surface area contributed by atoms with Crippen molar-refractivity contribution >= 4 is 11.6 Å². The Bertz CT molecular complexity index is 1110. The van der Waals surface area contributed by atoms with E-state index < -0.39 is 0 Å². The minimum atomic E-state index is -0.158. The van der Waals surface area contributed by atoms with Crippen molar-refractivity contribution in [2.75, 3.05) is 13.1 Å². The quantitative estimate of drug-likeness (QED) is 0.571. The van der Waals surface area contributed by atoms with E-state index >= 15 is 0 Å². The highest BCUT2D eigenvalue weighted by molar-refractivity contribution is 5.76. The average Bonchev–Trinajstić information content (AvgIpc) is 3.40. The van der Waals surface area contributed by atoms with Gasteiger partial charge in [-0.2, -0.15) is 5.10 Å². The van der Waals surface area contributed by atoms with Gasteiger partial charge in [0.1, 0.15) is 5.82 Å². The molecule has 32 heavy (non-hydrogen) atoms. The molecule has 0 radical (unpaired) electrons. The molecular weight excluding hydrogens is 405 g/mol. The Morgan fingerprint density at radius 3 is 2.88 bits per heavy atom. The molecule has 3 heterocycles. The first-order chi connectivity index (χ1) is 15.5. The summed E-state index contributed by atoms with van der Waals surface area (Å²) in [5, 5.41) is 7.84. The van der Waals surface area contributed by atoms with Gasteiger partial charge in [-0.25, -0.2) is 13.9 Å². The summed E-state index contributed by atoms with van der Waals surface area (Å²) in [5.74, 6) is -0.0875. The maximum absolute atomic E-state index is 14.2. The number of likely N-dealkylation sites (tertiary alicyclic amines) is 1. The van der Waals surface area contributed by atoms with Crippen LogP contribution in [0.3, 0.4) is 0 Å². The second kappa shape index (κ2) is 9.77. The predicted octanol–water partition coefficient (Wildman–Crippen LogP) is 4.28. The Hall–Kier alpha value is -2.80. The minimum absolute atomic E-state index is 0.0710. The zero-order valence-electron chi connectivity index (χ0n) is 19.2. The van der Waals surface area contributed by atoms with Crippen molar-refractivity contribution < 1.29 is 9.18 Å². The summed E-state index contributed by atoms with van der Waals surface area (Å²) in [6, 6.07) is 9.19. The van der Waals surface area contributed by atoms with E-state index in [1.165, 1.54) is 6.07 Å². The van der Waals surface area contributed by atoms with Gasteiger partial charge < -0.3 is 5.32 Å². The molecule has 1 aromatic carbocycles. The largest absolute Gasteiger partial charge is 0.356 e. The van der Waals surface area contributed by atoms with Gasteiger partial charge in [0.05, 0.1) is 11.7 Å². The fraction of sp³-hybridized carbons (Fsp3) is 0.480. The molecule has 1 fully saturated rings. The smallest absolute Gasteiger partial charge is 0.220 e. The Labute approximate surface area is 188 Å². The lowest BCUT2D eigenvalue weighted by molar-refractivity contribution is -0.121. The Balaban J connectivity index is 1.56. The number of amides is 1. The van der Waals surface area contributed by atoms with Crippen LogP contribution in [-0.4, -0.2) is 38.5 Å². The maximum atomic E-state index is 14.2. The lowest BCUT2D eigenvalue weighted by atomic mass is 10.1. The fourth-order valence-corrected chi connectivity index (χ4v) is 4.66. The van der Waals surface area contributed by atoms with E-state index in [9.17, 15) is 9.18 Å². The summed E-state index contributed by atoms with van der Waals surface area (Å²) in [7, 11) is 0. The SMILES string of the molecule is CCCNC(=O)CCc1c(C)nc2cc(C3CCCN3Cc3ccccc3F)nn2c1C. The van der Waals surface area contributed by atoms with Crippen LogP contribution in [-0.2, 0) is 17.8 Å². The van der Waals surface area contributed by atoms with Crippen molar-refractivity contribution in [2.24, 2.45) is 0 Å². The molecule has 0 saturated carbocycles. The Morgan fingerprint density at radius 2 is 2.09 bits per heavy atom. The van der Waals surface area contributed by atoms with Crippen molar-refractivity contribution in [1.29, 1.82) is 0 Å². The maximum Gasteiger partial charge on any atom is 0.220 e. The van der Waals surface area contributed by atoms with E-state index in [1.807, 2.05) is 37.4 Å². The highest BCUT2D eigenvalue weighted by Gasteiger charge is 2.29. The summed E-state index contributed by atoms with van der Waals surface area (Å²) in [4.78, 5) is 19.2. The van der Waals surface area contributed by atoms with E-state index in [0.717, 1.165) is 59.7 Å². The second-order valence-corrected chi connectivity index (χ2v) is 8.67. The van der Waals surface area contributed by atoms with E-state index in [2.05, 4.69) is 16.3 Å². The van der Waals surface area contributed by atoms with Crippen molar-refractivity contribution in [2.45, 2.75) is 65.5 Å². The monoisotopic (exact) mass is 437 g/mol. The van der Waals surface area contributed by atoms with E-state index in [1.54, 1.807) is 6.07 Å². The predicted molar refractivity (Wildman–Crippen MR) is 123 cm³/mol. The number of nitrogens with one attached hydrogen (secondary N) is 1. The van der Waals surface area contributed by atoms with Gasteiger partial charge in [0.2, 0.25) is 5.91 Å². The molecule has 2 aromatic heterocycles. The molecule has 1 saturated heterocycles. The third-order valence-electron chi connectivity index (χ3n) is 6.39. The van der Waals surface area contributed by atoms with Gasteiger partial charge in [0, 0.05) is 42.5 Å². The molecule has 170 valence electrons. The standard InChI is InChI=1S/C25H32FN5O/c1-4-13-27-25(32)12-11-20-17(2)28-24-15-22(29-31(24)18(20)3)23-10-7-14-30(23)16-19-8-5-6-9-21(19)26/h5-6,8-9,15,23H,4,7,10-14,16H2,1-3H3,(H,27,32). The van der Waals surface area contributed by atoms with Gasteiger partial charge in [-0.15, -0.1) is 0 Å². The topological polar surface area (TPSA) is 62.5 Å². The summed E-state index contributed by atoms with van der Waals surface area (Å²) in [6.45, 7) is 8.30. The first kappa shape index (κ1) is 22.4. The fourth-order valence-electron chi connectivity index (χ4n) is 4.66. The number of nitrogens with zero attached hydrogens (tertiary/aromatic N) is 4. The van der Waals surface area contributed by atoms with Crippen LogP contribution in [0.5, 0.6) is 0 Å². The number of hydrogen-bond donors (Lipinski definition) is 1. The molecule has 1 atom stereocenters. The third-order valence-corrected chi connectivity index (χ3v) is 6.39. The van der Waals surface area contributed by atoms with Crippen LogP contribution in [0.1, 0.15) is 66.9 Å². The van der Waals surface area contributed by atoms with Gasteiger partial charge in [0.15, 0.2) is 5.65 Å². The molecule has 1 aliphatic rings. The zero-order chi connectivity index (χ0) is 22.7. The molecule has 1 amide bonds. The van der Waals surface area contributed by atoms with Crippen LogP contribution >= 0.6 is 0 Å². The number of aromatic nitrogens is 3. The first-order valence-electron chi connectivity index (χ1n) is 11.6. The van der Waals surface area contributed by atoms with Crippen LogP contribution < -0.4 is 5.32 Å². The number of halogens is 1. The van der Waals surface area contributed by atoms with Crippen LogP contribution in [0, 0.1) is 19.7 Å². The summed E-state index contributed by atoms with van der Waals surface area (Å²) < 4.78 is 16.1. The number of hydrogen-bond acceptors (Lipinski definition) is 4. The van der Waals surface area contributed by atoms with Crippen molar-refractivity contribution in [3.8, 4) is 0 Å². The van der Waals surface area contributed by atoms with Crippen LogP contribution in [0.2, 0.25) is 0 Å². The summed E-state index contributed by atoms with van der Waals surface area (Å²) in [5.41, 5.74) is 5.57. The second-order valence-electron chi connectivity index (χ2n) is 8.67. The lowest BCUT2D eigenvalue weighted by Gasteiger charge is -2.23. The molecule has 4 rings (SSSR count). The van der Waals surface area contributed by atoms with Gasteiger partial charge in [0.25, 0.3) is 0 Å². The van der Waals surface area contributed by atoms with Crippen LogP contribution in [0.25, 0.3) is 5.65 Å². The van der Waals surface area contributed by atoms with Crippen molar-refractivity contribution in [1.82, 2.24) is 24.8 Å². The molecule has 0 aliphatic carbocycles. The number of fused-ring (bicyclic) bond motifs is 1. The Morgan fingerprint density at radius 1 is 1.28 bits per heavy atom. The van der Waals surface area contributed by atoms with Crippen molar-refractivity contribution in [3.63, 3.8) is 0 Å². The zero-order valence-corrected chi connectivity index (χ0v) is 19.2. The average molecular weight is 438 g/mol. The van der Waals surface area contributed by atoms with E-state index in [0.29, 0.717) is 25.9 Å². The Kier molecular flexibility index (Phi) is 6.84. The van der Waals surface area contributed by atoms with Gasteiger partial charge in [-0.1, -0.05) is 25.1 Å². The number of aryl methyl sites for hydroxylation is 2. The number of rotatable bonds is 8. The molecule has 0 spiro atoms.